The Bertz CT molecular complexity index is 710. The molecule has 1 amide bonds. The van der Waals surface area contributed by atoms with Gasteiger partial charge in [-0.05, 0) is 37.1 Å². The summed E-state index contributed by atoms with van der Waals surface area (Å²) in [6, 6.07) is 5.65. The van der Waals surface area contributed by atoms with Gasteiger partial charge in [-0.15, -0.1) is 0 Å². The van der Waals surface area contributed by atoms with Gasteiger partial charge in [0.05, 0.1) is 17.5 Å². The number of halogens is 2. The first-order valence-electron chi connectivity index (χ1n) is 8.16. The van der Waals surface area contributed by atoms with Crippen molar-refractivity contribution in [2.75, 3.05) is 36.0 Å². The Kier molecular flexibility index (Phi) is 5.24. The van der Waals surface area contributed by atoms with Gasteiger partial charge in [-0.3, -0.25) is 9.69 Å². The molecule has 1 unspecified atom stereocenters. The fourth-order valence-corrected chi connectivity index (χ4v) is 4.53. The molecule has 0 bridgehead atoms. The predicted molar refractivity (Wildman–Crippen MR) is 88.7 cm³/mol. The molecule has 1 aromatic carbocycles. The number of nitrogens with zero attached hydrogens (tertiary/aromatic N) is 2. The molecule has 0 spiro atoms. The lowest BCUT2D eigenvalue weighted by molar-refractivity contribution is -0.125. The van der Waals surface area contributed by atoms with Crippen LogP contribution in [0.5, 0.6) is 5.75 Å². The fraction of sp³-hybridized carbons (Fsp3) is 0.562. The van der Waals surface area contributed by atoms with E-state index in [1.54, 1.807) is 17.0 Å². The molecule has 9 heteroatoms. The Morgan fingerprint density at radius 3 is 2.32 bits per heavy atom. The second-order valence-corrected chi connectivity index (χ2v) is 8.51. The summed E-state index contributed by atoms with van der Waals surface area (Å²) in [7, 11) is -2.99. The molecule has 2 aliphatic heterocycles. The first kappa shape index (κ1) is 18.1. The zero-order valence-corrected chi connectivity index (χ0v) is 14.4. The molecule has 1 atom stereocenters. The smallest absolute Gasteiger partial charge is 0.387 e. The molecule has 0 radical (unpaired) electrons. The van der Waals surface area contributed by atoms with Gasteiger partial charge in [0.2, 0.25) is 5.91 Å². The van der Waals surface area contributed by atoms with Crippen LogP contribution in [0, 0.1) is 0 Å². The number of piperidine rings is 1. The fourth-order valence-electron chi connectivity index (χ4n) is 3.30. The zero-order chi connectivity index (χ0) is 18.0. The molecule has 3 rings (SSSR count). The first-order chi connectivity index (χ1) is 11.9. The third-order valence-corrected chi connectivity index (χ3v) is 6.21. The van der Waals surface area contributed by atoms with Gasteiger partial charge in [0.25, 0.3) is 0 Å². The van der Waals surface area contributed by atoms with Crippen LogP contribution in [0.4, 0.5) is 14.5 Å². The highest BCUT2D eigenvalue weighted by Crippen LogP contribution is 2.27. The summed E-state index contributed by atoms with van der Waals surface area (Å²) in [6.07, 6.45) is 1.50. The maximum Gasteiger partial charge on any atom is 0.387 e. The van der Waals surface area contributed by atoms with Crippen LogP contribution in [-0.4, -0.2) is 63.0 Å². The third-order valence-electron chi connectivity index (χ3n) is 4.60. The number of sulfone groups is 1. The predicted octanol–water partition coefficient (Wildman–Crippen LogP) is 1.51. The second-order valence-electron chi connectivity index (χ2n) is 6.21. The van der Waals surface area contributed by atoms with Gasteiger partial charge in [-0.1, -0.05) is 0 Å². The Labute approximate surface area is 145 Å². The second kappa shape index (κ2) is 7.25. The number of carbonyl (C=O) groups is 1. The van der Waals surface area contributed by atoms with Crippen LogP contribution in [0.2, 0.25) is 0 Å². The monoisotopic (exact) mass is 374 g/mol. The summed E-state index contributed by atoms with van der Waals surface area (Å²) in [5.41, 5.74) is 0.626. The highest BCUT2D eigenvalue weighted by atomic mass is 32.2. The molecule has 1 aromatic rings. The van der Waals surface area contributed by atoms with Crippen molar-refractivity contribution in [3.05, 3.63) is 24.3 Å². The van der Waals surface area contributed by atoms with Crippen LogP contribution in [0.15, 0.2) is 24.3 Å². The third kappa shape index (κ3) is 4.27. The van der Waals surface area contributed by atoms with Gasteiger partial charge in [-0.25, -0.2) is 8.42 Å². The Balaban J connectivity index is 1.69. The minimum absolute atomic E-state index is 0.0426. The van der Waals surface area contributed by atoms with E-state index >= 15 is 0 Å². The van der Waals surface area contributed by atoms with E-state index in [0.29, 0.717) is 31.7 Å². The average molecular weight is 374 g/mol. The van der Waals surface area contributed by atoms with Gasteiger partial charge >= 0.3 is 6.61 Å². The summed E-state index contributed by atoms with van der Waals surface area (Å²) in [5, 5.41) is 0. The molecule has 0 aromatic heterocycles. The van der Waals surface area contributed by atoms with E-state index < -0.39 is 16.4 Å². The van der Waals surface area contributed by atoms with Crippen LogP contribution in [0.3, 0.4) is 0 Å². The van der Waals surface area contributed by atoms with E-state index in [1.165, 1.54) is 12.1 Å². The minimum atomic E-state index is -2.99. The molecule has 138 valence electrons. The number of hydrogen-bond donors (Lipinski definition) is 0. The lowest BCUT2D eigenvalue weighted by Gasteiger charge is -2.39. The Morgan fingerprint density at radius 2 is 1.72 bits per heavy atom. The largest absolute Gasteiger partial charge is 0.435 e. The summed E-state index contributed by atoms with van der Waals surface area (Å²) >= 11 is 0. The summed E-state index contributed by atoms with van der Waals surface area (Å²) in [6.45, 7) is -1.60. The topological polar surface area (TPSA) is 66.9 Å². The number of hydrogen-bond acceptors (Lipinski definition) is 5. The van der Waals surface area contributed by atoms with Gasteiger partial charge in [0, 0.05) is 25.3 Å². The van der Waals surface area contributed by atoms with Crippen molar-refractivity contribution >= 4 is 21.4 Å². The van der Waals surface area contributed by atoms with Crippen LogP contribution < -0.4 is 9.64 Å². The lowest BCUT2D eigenvalue weighted by atomic mass is 10.0. The summed E-state index contributed by atoms with van der Waals surface area (Å²) in [4.78, 5) is 16.4. The van der Waals surface area contributed by atoms with Gasteiger partial charge in [0.15, 0.2) is 9.84 Å². The molecule has 6 nitrogen and oxygen atoms in total. The Hall–Kier alpha value is -1.74. The van der Waals surface area contributed by atoms with E-state index in [1.807, 2.05) is 4.90 Å². The van der Waals surface area contributed by atoms with Crippen molar-refractivity contribution in [2.24, 2.45) is 0 Å². The standard InChI is InChI=1S/C16H20F2N2O4S/c17-16(18)24-13-5-3-12(4-6-13)20-7-1-2-14(15(20)21)19-8-10-25(22,23)11-9-19/h3-6,14,16H,1-2,7-11H2. The number of benzene rings is 1. The van der Waals surface area contributed by atoms with Crippen molar-refractivity contribution in [1.82, 2.24) is 4.90 Å². The average Bonchev–Trinajstić information content (AvgIpc) is 2.56. The maximum absolute atomic E-state index is 12.8. The molecular formula is C16H20F2N2O4S. The number of ether oxygens (including phenoxy) is 1. The molecule has 2 aliphatic rings. The van der Waals surface area contributed by atoms with E-state index in [0.717, 1.165) is 6.42 Å². The molecule has 2 saturated heterocycles. The number of carbonyl (C=O) groups excluding carboxylic acids is 1. The van der Waals surface area contributed by atoms with Gasteiger partial charge in [0.1, 0.15) is 5.75 Å². The van der Waals surface area contributed by atoms with Crippen LogP contribution in [0.25, 0.3) is 0 Å². The molecule has 0 saturated carbocycles. The quantitative estimate of drug-likeness (QED) is 0.799. The lowest BCUT2D eigenvalue weighted by Crippen LogP contribution is -2.56. The van der Waals surface area contributed by atoms with Crippen molar-refractivity contribution in [3.63, 3.8) is 0 Å². The van der Waals surface area contributed by atoms with Gasteiger partial charge < -0.3 is 9.64 Å². The van der Waals surface area contributed by atoms with E-state index in [4.69, 9.17) is 0 Å². The van der Waals surface area contributed by atoms with Crippen molar-refractivity contribution < 1.29 is 26.7 Å². The molecule has 2 heterocycles. The minimum Gasteiger partial charge on any atom is -0.435 e. The molecule has 0 aliphatic carbocycles. The van der Waals surface area contributed by atoms with Gasteiger partial charge in [-0.2, -0.15) is 8.78 Å². The number of amides is 1. The van der Waals surface area contributed by atoms with Crippen molar-refractivity contribution in [2.45, 2.75) is 25.5 Å². The van der Waals surface area contributed by atoms with E-state index in [9.17, 15) is 22.0 Å². The van der Waals surface area contributed by atoms with E-state index in [2.05, 4.69) is 4.74 Å². The number of rotatable bonds is 4. The Morgan fingerprint density at radius 1 is 1.08 bits per heavy atom. The molecule has 2 fully saturated rings. The summed E-state index contributed by atoms with van der Waals surface area (Å²) < 4.78 is 51.9. The number of alkyl halides is 2. The first-order valence-corrected chi connectivity index (χ1v) is 9.98. The molecule has 25 heavy (non-hydrogen) atoms. The SMILES string of the molecule is O=C1C(N2CCS(=O)(=O)CC2)CCCN1c1ccc(OC(F)F)cc1. The van der Waals surface area contributed by atoms with Crippen LogP contribution >= 0.6 is 0 Å². The molecular weight excluding hydrogens is 354 g/mol. The summed E-state index contributed by atoms with van der Waals surface area (Å²) in [5.74, 6) is 0.126. The van der Waals surface area contributed by atoms with E-state index in [-0.39, 0.29) is 29.2 Å². The zero-order valence-electron chi connectivity index (χ0n) is 13.6. The highest BCUT2D eigenvalue weighted by molar-refractivity contribution is 7.91. The van der Waals surface area contributed by atoms with Crippen molar-refractivity contribution in [1.29, 1.82) is 0 Å². The van der Waals surface area contributed by atoms with Crippen LogP contribution in [-0.2, 0) is 14.6 Å². The maximum atomic E-state index is 12.8. The van der Waals surface area contributed by atoms with Crippen LogP contribution in [0.1, 0.15) is 12.8 Å². The highest BCUT2D eigenvalue weighted by Gasteiger charge is 2.36. The normalized spacial score (nSPS) is 24.5. The molecule has 0 N–H and O–H groups in total. The van der Waals surface area contributed by atoms with Crippen molar-refractivity contribution in [3.8, 4) is 5.75 Å². The number of anilines is 1.